The molecule has 0 aliphatic carbocycles. The Balaban J connectivity index is 1.88. The van der Waals surface area contributed by atoms with Crippen molar-refractivity contribution in [1.29, 1.82) is 0 Å². The first kappa shape index (κ1) is 28.2. The summed E-state index contributed by atoms with van der Waals surface area (Å²) in [4.78, 5) is 14.2. The van der Waals surface area contributed by atoms with Gasteiger partial charge in [-0.1, -0.05) is 109 Å². The van der Waals surface area contributed by atoms with E-state index in [9.17, 15) is 13.2 Å². The summed E-state index contributed by atoms with van der Waals surface area (Å²) < 4.78 is 36.1. The van der Waals surface area contributed by atoms with Crippen LogP contribution in [0.2, 0.25) is 0 Å². The molecule has 4 rings (SSSR count). The van der Waals surface area contributed by atoms with Gasteiger partial charge in [-0.15, -0.1) is 0 Å². The summed E-state index contributed by atoms with van der Waals surface area (Å²) in [6.07, 6.45) is 0.190. The molecule has 39 heavy (non-hydrogen) atoms. The van der Waals surface area contributed by atoms with E-state index in [1.54, 1.807) is 31.2 Å². The summed E-state index contributed by atoms with van der Waals surface area (Å²) in [5.74, 6) is -0.537. The van der Waals surface area contributed by atoms with E-state index in [0.29, 0.717) is 12.1 Å². The number of sulfonamides is 1. The quantitative estimate of drug-likeness (QED) is 0.236. The van der Waals surface area contributed by atoms with Gasteiger partial charge in [0, 0.05) is 13.0 Å². The summed E-state index contributed by atoms with van der Waals surface area (Å²) in [5.41, 5.74) is 1.92. The number of ether oxygens (including phenoxy) is 1. The lowest BCUT2D eigenvalue weighted by atomic mass is 9.80. The van der Waals surface area contributed by atoms with Crippen molar-refractivity contribution in [2.24, 2.45) is 0 Å². The topological polar surface area (TPSA) is 84.5 Å². The summed E-state index contributed by atoms with van der Waals surface area (Å²) in [7, 11) is -4.03. The van der Waals surface area contributed by atoms with Crippen molar-refractivity contribution in [3.8, 4) is 0 Å². The van der Waals surface area contributed by atoms with Crippen molar-refractivity contribution in [1.82, 2.24) is 10.0 Å². The fourth-order valence-corrected chi connectivity index (χ4v) is 5.88. The lowest BCUT2D eigenvalue weighted by molar-refractivity contribution is -0.152. The molecule has 0 unspecified atom stereocenters. The highest BCUT2D eigenvalue weighted by molar-refractivity contribution is 7.89. The minimum absolute atomic E-state index is 0.120. The first-order valence-corrected chi connectivity index (χ1v) is 14.5. The summed E-state index contributed by atoms with van der Waals surface area (Å²) in [6, 6.07) is 34.1. The molecule has 0 amide bonds. The first-order chi connectivity index (χ1) is 18.8. The van der Waals surface area contributed by atoms with Gasteiger partial charge < -0.3 is 4.74 Å². The molecule has 0 radical (unpaired) electrons. The monoisotopic (exact) mass is 542 g/mol. The fourth-order valence-electron chi connectivity index (χ4n) is 4.60. The molecule has 0 bridgehead atoms. The zero-order valence-electron chi connectivity index (χ0n) is 22.2. The van der Waals surface area contributed by atoms with Crippen LogP contribution in [-0.4, -0.2) is 26.5 Å². The van der Waals surface area contributed by atoms with Crippen LogP contribution in [0.1, 0.15) is 35.2 Å². The van der Waals surface area contributed by atoms with Crippen molar-refractivity contribution in [2.45, 2.75) is 43.3 Å². The van der Waals surface area contributed by atoms with Gasteiger partial charge in [0.05, 0.1) is 17.5 Å². The largest absolute Gasteiger partial charge is 0.465 e. The summed E-state index contributed by atoms with van der Waals surface area (Å²) in [6.45, 7) is 4.11. The number of benzene rings is 4. The van der Waals surface area contributed by atoms with Gasteiger partial charge in [-0.05, 0) is 42.7 Å². The molecule has 2 atom stereocenters. The maximum absolute atomic E-state index is 14.1. The molecule has 202 valence electrons. The molecule has 4 aromatic rings. The fraction of sp³-hybridized carbons (Fsp3) is 0.219. The lowest BCUT2D eigenvalue weighted by Gasteiger charge is -2.40. The van der Waals surface area contributed by atoms with Crippen molar-refractivity contribution in [3.63, 3.8) is 0 Å². The number of rotatable bonds is 12. The van der Waals surface area contributed by atoms with Crippen LogP contribution in [0.15, 0.2) is 120 Å². The second-order valence-corrected chi connectivity index (χ2v) is 11.2. The summed E-state index contributed by atoms with van der Waals surface area (Å²) >= 11 is 0. The second kappa shape index (κ2) is 12.8. The van der Waals surface area contributed by atoms with E-state index >= 15 is 0 Å². The smallest absolute Gasteiger partial charge is 0.328 e. The Morgan fingerprint density at radius 2 is 1.33 bits per heavy atom. The zero-order valence-corrected chi connectivity index (χ0v) is 23.0. The van der Waals surface area contributed by atoms with E-state index in [0.717, 1.165) is 16.7 Å². The molecule has 4 aromatic carbocycles. The van der Waals surface area contributed by atoms with Crippen LogP contribution in [0.4, 0.5) is 0 Å². The Hall–Kier alpha value is -3.78. The average molecular weight is 543 g/mol. The zero-order chi connectivity index (χ0) is 27.7. The predicted octanol–water partition coefficient (Wildman–Crippen LogP) is 5.35. The van der Waals surface area contributed by atoms with Crippen LogP contribution < -0.4 is 10.0 Å². The maximum atomic E-state index is 14.1. The van der Waals surface area contributed by atoms with E-state index in [1.165, 1.54) is 0 Å². The third-order valence-electron chi connectivity index (χ3n) is 6.65. The molecule has 0 aromatic heterocycles. The minimum atomic E-state index is -4.03. The second-order valence-electron chi connectivity index (χ2n) is 9.47. The van der Waals surface area contributed by atoms with Crippen LogP contribution in [0, 0.1) is 6.92 Å². The molecule has 7 heteroatoms. The van der Waals surface area contributed by atoms with Crippen LogP contribution in [-0.2, 0) is 32.5 Å². The van der Waals surface area contributed by atoms with Crippen LogP contribution in [0.25, 0.3) is 0 Å². The molecule has 0 saturated carbocycles. The molecular formula is C32H34N2O4S. The van der Waals surface area contributed by atoms with E-state index in [-0.39, 0.29) is 17.9 Å². The molecule has 2 N–H and O–H groups in total. The predicted molar refractivity (Wildman–Crippen MR) is 153 cm³/mol. The molecule has 6 nitrogen and oxygen atoms in total. The summed E-state index contributed by atoms with van der Waals surface area (Å²) in [5, 5.41) is 3.46. The molecule has 0 spiro atoms. The van der Waals surface area contributed by atoms with E-state index in [2.05, 4.69) is 10.0 Å². The average Bonchev–Trinajstić information content (AvgIpc) is 2.96. The Labute approximate surface area is 231 Å². The van der Waals surface area contributed by atoms with Crippen molar-refractivity contribution >= 4 is 16.0 Å². The third kappa shape index (κ3) is 7.00. The maximum Gasteiger partial charge on any atom is 0.328 e. The number of carbonyl (C=O) groups is 1. The number of nitrogens with one attached hydrogen (secondary N) is 2. The third-order valence-corrected chi connectivity index (χ3v) is 8.09. The van der Waals surface area contributed by atoms with Crippen LogP contribution in [0.5, 0.6) is 0 Å². The number of carbonyl (C=O) groups excluding carboxylic acids is 1. The van der Waals surface area contributed by atoms with Crippen molar-refractivity contribution in [2.75, 3.05) is 6.61 Å². The Morgan fingerprint density at radius 3 is 1.90 bits per heavy atom. The highest BCUT2D eigenvalue weighted by Crippen LogP contribution is 2.33. The van der Waals surface area contributed by atoms with Gasteiger partial charge in [-0.2, -0.15) is 0 Å². The Bertz CT molecular complexity index is 1440. The van der Waals surface area contributed by atoms with Gasteiger partial charge >= 0.3 is 5.97 Å². The van der Waals surface area contributed by atoms with Crippen molar-refractivity contribution < 1.29 is 17.9 Å². The van der Waals surface area contributed by atoms with Gasteiger partial charge in [-0.25, -0.2) is 17.9 Å². The van der Waals surface area contributed by atoms with E-state index < -0.39 is 27.6 Å². The Morgan fingerprint density at radius 1 is 0.795 bits per heavy atom. The van der Waals surface area contributed by atoms with E-state index in [4.69, 9.17) is 4.74 Å². The van der Waals surface area contributed by atoms with Crippen molar-refractivity contribution in [3.05, 3.63) is 138 Å². The van der Waals surface area contributed by atoms with Crippen LogP contribution in [0.3, 0.4) is 0 Å². The number of hydrogen-bond donors (Lipinski definition) is 2. The molecule has 0 saturated heterocycles. The Kier molecular flexibility index (Phi) is 9.30. The van der Waals surface area contributed by atoms with Gasteiger partial charge in [0.15, 0.2) is 0 Å². The van der Waals surface area contributed by atoms with Gasteiger partial charge in [0.2, 0.25) is 10.0 Å². The van der Waals surface area contributed by atoms with Crippen LogP contribution >= 0.6 is 0 Å². The molecular weight excluding hydrogens is 508 g/mol. The van der Waals surface area contributed by atoms with Gasteiger partial charge in [0.25, 0.3) is 0 Å². The normalized spacial score (nSPS) is 13.8. The molecule has 0 aliphatic rings. The number of esters is 1. The molecule has 0 aliphatic heterocycles. The standard InChI is InChI=1S/C32H34N2O4S/c1-3-38-31(35)32(23-26-13-7-4-8-14-26,33-24-27-15-9-5-10-16-27)30(28-17-11-6-12-18-28)34-39(36,37)29-21-19-25(2)20-22-29/h4-22,30,33-34H,3,23-24H2,1-2H3/t30-,32+/m0/s1. The first-order valence-electron chi connectivity index (χ1n) is 13.0. The SMILES string of the molecule is CCOC(=O)[C@](Cc1ccccc1)(NCc1ccccc1)[C@@H](NS(=O)(=O)c1ccc(C)cc1)c1ccccc1. The van der Waals surface area contributed by atoms with E-state index in [1.807, 2.05) is 97.9 Å². The van der Waals surface area contributed by atoms with Gasteiger partial charge in [-0.3, -0.25) is 5.32 Å². The lowest BCUT2D eigenvalue weighted by Crippen LogP contribution is -2.62. The molecule has 0 heterocycles. The number of aryl methyl sites for hydroxylation is 1. The van der Waals surface area contributed by atoms with Gasteiger partial charge in [0.1, 0.15) is 5.54 Å². The molecule has 0 fully saturated rings. The highest BCUT2D eigenvalue weighted by atomic mass is 32.2. The highest BCUT2D eigenvalue weighted by Gasteiger charge is 2.49. The minimum Gasteiger partial charge on any atom is -0.465 e. The number of hydrogen-bond acceptors (Lipinski definition) is 5.